The molecule has 4 aromatic rings. The van der Waals surface area contributed by atoms with Gasteiger partial charge in [0.1, 0.15) is 6.26 Å². The number of benzene rings is 3. The fourth-order valence-corrected chi connectivity index (χ4v) is 3.45. The van der Waals surface area contributed by atoms with Crippen molar-refractivity contribution in [3.63, 3.8) is 0 Å². The van der Waals surface area contributed by atoms with Crippen molar-refractivity contribution in [2.75, 3.05) is 0 Å². The lowest BCUT2D eigenvalue weighted by Gasteiger charge is -2.10. The van der Waals surface area contributed by atoms with E-state index >= 15 is 0 Å². The highest BCUT2D eigenvalue weighted by molar-refractivity contribution is 6.06. The molecular weight excluding hydrogens is 380 g/mol. The molecule has 6 heteroatoms. The van der Waals surface area contributed by atoms with Gasteiger partial charge in [0.15, 0.2) is 0 Å². The Morgan fingerprint density at radius 3 is 2.23 bits per heavy atom. The molecule has 3 aromatic carbocycles. The van der Waals surface area contributed by atoms with Crippen molar-refractivity contribution in [1.82, 2.24) is 4.73 Å². The van der Waals surface area contributed by atoms with E-state index in [4.69, 9.17) is 11.6 Å². The van der Waals surface area contributed by atoms with Crippen LogP contribution in [0.2, 0.25) is 0 Å². The van der Waals surface area contributed by atoms with E-state index in [2.05, 4.69) is 29.0 Å². The van der Waals surface area contributed by atoms with Crippen molar-refractivity contribution in [2.24, 2.45) is 0 Å². The first kappa shape index (κ1) is 18.8. The van der Waals surface area contributed by atoms with Gasteiger partial charge in [-0.05, 0) is 44.5 Å². The average Bonchev–Trinajstić information content (AvgIpc) is 2.76. The second-order valence-electron chi connectivity index (χ2n) is 6.49. The lowest BCUT2D eigenvalue weighted by atomic mass is 9.96. The molecule has 0 radical (unpaired) electrons. The van der Waals surface area contributed by atoms with Crippen LogP contribution >= 0.6 is 0 Å². The Morgan fingerprint density at radius 1 is 1.07 bits per heavy atom. The highest BCUT2D eigenvalue weighted by Crippen LogP contribution is 2.29. The van der Waals surface area contributed by atoms with Gasteiger partial charge in [0.05, 0.1) is 6.57 Å². The van der Waals surface area contributed by atoms with Crippen LogP contribution in [0.4, 0.5) is 5.69 Å². The van der Waals surface area contributed by atoms with Gasteiger partial charge in [-0.15, -0.1) is 6.58 Å². The molecule has 0 bridgehead atoms. The summed E-state index contributed by atoms with van der Waals surface area (Å²) < 4.78 is 0.503. The molecule has 0 saturated heterocycles. The highest BCUT2D eigenvalue weighted by atomic mass is 17.3. The normalized spacial score (nSPS) is 11.4. The number of hydrogen-bond acceptors (Lipinski definition) is 4. The third kappa shape index (κ3) is 2.95. The van der Waals surface area contributed by atoms with Crippen molar-refractivity contribution < 1.29 is 15.0 Å². The summed E-state index contributed by atoms with van der Waals surface area (Å²) in [6.45, 7) is 14.6. The Morgan fingerprint density at radius 2 is 1.67 bits per heavy atom. The summed E-state index contributed by atoms with van der Waals surface area (Å²) in [5.74, 6) is -0.693. The SMILES string of the molecule is [C-]#[N+]c1c(O)n(OOC=C)c(=O)c(=Cc2c3ccccc3cc3ccccc23)c1=C. The van der Waals surface area contributed by atoms with Crippen molar-refractivity contribution in [1.29, 1.82) is 0 Å². The zero-order valence-electron chi connectivity index (χ0n) is 15.8. The molecule has 0 aliphatic carbocycles. The maximum absolute atomic E-state index is 13.1. The van der Waals surface area contributed by atoms with E-state index in [1.807, 2.05) is 48.5 Å². The number of aromatic hydroxyl groups is 1. The van der Waals surface area contributed by atoms with E-state index in [1.54, 1.807) is 6.08 Å². The Labute approximate surface area is 171 Å². The standard InChI is InChI=1S/C24H16N2O4/c1-4-29-30-26-23(27)20(15(2)22(25-3)24(26)28)14-21-18-11-7-5-9-16(18)13-17-10-6-8-12-19(17)21/h4-14,28H,1-2H2. The maximum Gasteiger partial charge on any atom is 0.296 e. The molecule has 0 fully saturated rings. The number of fused-ring (bicyclic) bond motifs is 2. The Bertz CT molecular complexity index is 1470. The average molecular weight is 396 g/mol. The minimum atomic E-state index is -0.719. The topological polar surface area (TPSA) is 65.1 Å². The molecule has 146 valence electrons. The van der Waals surface area contributed by atoms with Gasteiger partial charge in [-0.1, -0.05) is 59.8 Å². The van der Waals surface area contributed by atoms with Crippen molar-refractivity contribution in [2.45, 2.75) is 0 Å². The lowest BCUT2D eigenvalue weighted by Crippen LogP contribution is -2.46. The smallest absolute Gasteiger partial charge is 0.296 e. The molecule has 6 nitrogen and oxygen atoms in total. The number of aromatic nitrogens is 1. The number of hydrogen-bond donors (Lipinski definition) is 1. The van der Waals surface area contributed by atoms with Crippen molar-refractivity contribution in [3.05, 3.63) is 105 Å². The molecule has 30 heavy (non-hydrogen) atoms. The molecule has 0 amide bonds. The van der Waals surface area contributed by atoms with E-state index in [0.717, 1.165) is 33.4 Å². The Kier molecular flexibility index (Phi) is 4.71. The van der Waals surface area contributed by atoms with Crippen LogP contribution in [0, 0.1) is 6.57 Å². The fraction of sp³-hybridized carbons (Fsp3) is 0. The van der Waals surface area contributed by atoms with Crippen LogP contribution < -0.4 is 21.0 Å². The van der Waals surface area contributed by atoms with Gasteiger partial charge in [-0.2, -0.15) is 4.99 Å². The molecule has 0 aliphatic rings. The summed E-state index contributed by atoms with van der Waals surface area (Å²) in [6.07, 6.45) is 2.61. The van der Waals surface area contributed by atoms with E-state index in [0.29, 0.717) is 4.73 Å². The third-order valence-electron chi connectivity index (χ3n) is 4.83. The first-order valence-corrected chi connectivity index (χ1v) is 8.98. The molecular formula is C24H16N2O4. The third-order valence-corrected chi connectivity index (χ3v) is 4.83. The summed E-state index contributed by atoms with van der Waals surface area (Å²) in [4.78, 5) is 25.8. The molecule has 0 unspecified atom stereocenters. The summed E-state index contributed by atoms with van der Waals surface area (Å²) in [5.41, 5.74) is -0.134. The summed E-state index contributed by atoms with van der Waals surface area (Å²) in [6, 6.07) is 17.7. The Balaban J connectivity index is 2.19. The van der Waals surface area contributed by atoms with Crippen molar-refractivity contribution in [3.8, 4) is 5.88 Å². The lowest BCUT2D eigenvalue weighted by molar-refractivity contribution is -0.254. The molecule has 0 aliphatic heterocycles. The molecule has 1 aromatic heterocycles. The van der Waals surface area contributed by atoms with Crippen LogP contribution in [0.1, 0.15) is 5.56 Å². The van der Waals surface area contributed by atoms with Gasteiger partial charge >= 0.3 is 0 Å². The first-order valence-electron chi connectivity index (χ1n) is 8.98. The van der Waals surface area contributed by atoms with Gasteiger partial charge < -0.3 is 5.11 Å². The second kappa shape index (κ2) is 7.49. The maximum atomic E-state index is 13.1. The zero-order chi connectivity index (χ0) is 21.3. The summed E-state index contributed by atoms with van der Waals surface area (Å²) in [5, 5.41) is 14.3. The monoisotopic (exact) mass is 396 g/mol. The molecule has 4 rings (SSSR count). The van der Waals surface area contributed by atoms with Crippen LogP contribution in [0.15, 0.2) is 72.2 Å². The van der Waals surface area contributed by atoms with E-state index in [1.165, 1.54) is 0 Å². The summed E-state index contributed by atoms with van der Waals surface area (Å²) in [7, 11) is 0. The van der Waals surface area contributed by atoms with Crippen LogP contribution in [0.25, 0.3) is 39.0 Å². The predicted octanol–water partition coefficient (Wildman–Crippen LogP) is 3.15. The Hall–Kier alpha value is -4.50. The highest BCUT2D eigenvalue weighted by Gasteiger charge is 2.16. The van der Waals surface area contributed by atoms with Crippen LogP contribution in [0.3, 0.4) is 0 Å². The number of pyridine rings is 1. The molecule has 0 saturated carbocycles. The van der Waals surface area contributed by atoms with E-state index in [-0.39, 0.29) is 16.1 Å². The number of nitrogens with zero attached hydrogens (tertiary/aromatic N) is 2. The minimum absolute atomic E-state index is 0.1000. The predicted molar refractivity (Wildman–Crippen MR) is 116 cm³/mol. The van der Waals surface area contributed by atoms with Gasteiger partial charge in [0.25, 0.3) is 11.2 Å². The largest absolute Gasteiger partial charge is 0.500 e. The number of rotatable bonds is 4. The van der Waals surface area contributed by atoms with E-state index < -0.39 is 11.4 Å². The molecule has 1 N–H and O–H groups in total. The first-order chi connectivity index (χ1) is 14.6. The van der Waals surface area contributed by atoms with Crippen LogP contribution in [-0.4, -0.2) is 9.84 Å². The van der Waals surface area contributed by atoms with Gasteiger partial charge in [0, 0.05) is 5.22 Å². The molecule has 0 atom stereocenters. The van der Waals surface area contributed by atoms with E-state index in [9.17, 15) is 9.90 Å². The van der Waals surface area contributed by atoms with Gasteiger partial charge in [-0.3, -0.25) is 9.68 Å². The van der Waals surface area contributed by atoms with Gasteiger partial charge in [-0.25, -0.2) is 4.85 Å². The molecule has 1 heterocycles. The quantitative estimate of drug-likeness (QED) is 0.189. The van der Waals surface area contributed by atoms with Crippen LogP contribution in [-0.2, 0) is 4.89 Å². The zero-order valence-corrected chi connectivity index (χ0v) is 15.8. The van der Waals surface area contributed by atoms with Crippen molar-refractivity contribution >= 4 is 39.9 Å². The van der Waals surface area contributed by atoms with Gasteiger partial charge in [0.2, 0.25) is 5.88 Å². The molecule has 0 spiro atoms. The fourth-order valence-electron chi connectivity index (χ4n) is 3.45. The second-order valence-corrected chi connectivity index (χ2v) is 6.49. The summed E-state index contributed by atoms with van der Waals surface area (Å²) >= 11 is 0. The minimum Gasteiger partial charge on any atom is -0.500 e. The van der Waals surface area contributed by atoms with Crippen LogP contribution in [0.5, 0.6) is 5.88 Å².